The van der Waals surface area contributed by atoms with Gasteiger partial charge in [-0.05, 0) is 44.7 Å². The van der Waals surface area contributed by atoms with Crippen molar-refractivity contribution in [2.75, 3.05) is 7.05 Å². The van der Waals surface area contributed by atoms with Crippen LogP contribution in [-0.2, 0) is 13.0 Å². The van der Waals surface area contributed by atoms with E-state index >= 15 is 0 Å². The van der Waals surface area contributed by atoms with Gasteiger partial charge in [0.2, 0.25) is 0 Å². The molecule has 0 amide bonds. The number of aromatic nitrogens is 3. The predicted octanol–water partition coefficient (Wildman–Crippen LogP) is 2.46. The van der Waals surface area contributed by atoms with Crippen LogP contribution < -0.4 is 5.56 Å². The average molecular weight is 322 g/mol. The van der Waals surface area contributed by atoms with Gasteiger partial charge in [-0.1, -0.05) is 12.1 Å². The van der Waals surface area contributed by atoms with Gasteiger partial charge in [-0.25, -0.2) is 4.98 Å². The van der Waals surface area contributed by atoms with Crippen LogP contribution in [0.5, 0.6) is 0 Å². The Balaban J connectivity index is 1.79. The number of hydrogen-bond acceptors (Lipinski definition) is 4. The smallest absolute Gasteiger partial charge is 0.258 e. The minimum Gasteiger partial charge on any atom is -0.297 e. The van der Waals surface area contributed by atoms with Crippen molar-refractivity contribution >= 4 is 5.65 Å². The van der Waals surface area contributed by atoms with Crippen LogP contribution in [0.25, 0.3) is 5.65 Å². The summed E-state index contributed by atoms with van der Waals surface area (Å²) in [6.45, 7) is 4.76. The van der Waals surface area contributed by atoms with Crippen molar-refractivity contribution in [1.29, 1.82) is 0 Å². The Morgan fingerprint density at radius 1 is 1.21 bits per heavy atom. The zero-order valence-corrected chi connectivity index (χ0v) is 14.3. The Hall–Kier alpha value is -2.53. The maximum atomic E-state index is 12.3. The van der Waals surface area contributed by atoms with Gasteiger partial charge in [-0.2, -0.15) is 0 Å². The third-order valence-corrected chi connectivity index (χ3v) is 4.33. The van der Waals surface area contributed by atoms with E-state index in [2.05, 4.69) is 28.8 Å². The minimum atomic E-state index is -0.0375. The van der Waals surface area contributed by atoms with E-state index in [4.69, 9.17) is 0 Å². The monoisotopic (exact) mass is 322 g/mol. The molecule has 24 heavy (non-hydrogen) atoms. The number of likely N-dealkylation sites (N-methyl/N-ethyl adjacent to an activating group) is 1. The van der Waals surface area contributed by atoms with Crippen molar-refractivity contribution in [2.45, 2.75) is 32.9 Å². The predicted molar refractivity (Wildman–Crippen MR) is 95.1 cm³/mol. The van der Waals surface area contributed by atoms with Crippen LogP contribution >= 0.6 is 0 Å². The summed E-state index contributed by atoms with van der Waals surface area (Å²) in [5.41, 5.74) is 3.56. The van der Waals surface area contributed by atoms with Crippen LogP contribution in [0.4, 0.5) is 0 Å². The average Bonchev–Trinajstić information content (AvgIpc) is 2.57. The number of rotatable bonds is 5. The molecule has 0 radical (unpaired) electrons. The molecule has 0 saturated heterocycles. The van der Waals surface area contributed by atoms with Crippen LogP contribution in [0.1, 0.15) is 23.9 Å². The molecule has 1 unspecified atom stereocenters. The van der Waals surface area contributed by atoms with E-state index in [1.165, 1.54) is 0 Å². The lowest BCUT2D eigenvalue weighted by atomic mass is 10.1. The maximum absolute atomic E-state index is 12.3. The highest BCUT2D eigenvalue weighted by molar-refractivity contribution is 5.46. The number of aryl methyl sites for hydroxylation is 1. The van der Waals surface area contributed by atoms with Gasteiger partial charge in [0.15, 0.2) is 0 Å². The van der Waals surface area contributed by atoms with E-state index in [1.54, 1.807) is 16.7 Å². The van der Waals surface area contributed by atoms with Gasteiger partial charge in [-0.3, -0.25) is 19.1 Å². The molecule has 3 aromatic rings. The molecule has 124 valence electrons. The highest BCUT2D eigenvalue weighted by Gasteiger charge is 2.13. The summed E-state index contributed by atoms with van der Waals surface area (Å²) in [5, 5.41) is 0. The van der Waals surface area contributed by atoms with E-state index in [0.29, 0.717) is 12.6 Å². The van der Waals surface area contributed by atoms with Crippen molar-refractivity contribution in [1.82, 2.24) is 19.3 Å². The first-order valence-corrected chi connectivity index (χ1v) is 8.12. The molecule has 0 saturated carbocycles. The molecule has 0 fully saturated rings. The molecular weight excluding hydrogens is 300 g/mol. The molecule has 0 spiro atoms. The first-order valence-electron chi connectivity index (χ1n) is 8.12. The summed E-state index contributed by atoms with van der Waals surface area (Å²) in [4.78, 5) is 23.5. The number of nitrogens with zero attached hydrogens (tertiary/aromatic N) is 4. The third kappa shape index (κ3) is 3.51. The second-order valence-corrected chi connectivity index (χ2v) is 6.26. The summed E-state index contributed by atoms with van der Waals surface area (Å²) < 4.78 is 1.59. The largest absolute Gasteiger partial charge is 0.297 e. The number of hydrogen-bond donors (Lipinski definition) is 0. The van der Waals surface area contributed by atoms with Gasteiger partial charge in [0.05, 0.1) is 5.69 Å². The Kier molecular flexibility index (Phi) is 4.71. The van der Waals surface area contributed by atoms with Gasteiger partial charge < -0.3 is 0 Å². The first-order chi connectivity index (χ1) is 11.5. The van der Waals surface area contributed by atoms with Crippen molar-refractivity contribution in [2.24, 2.45) is 0 Å². The highest BCUT2D eigenvalue weighted by atomic mass is 16.1. The highest BCUT2D eigenvalue weighted by Crippen LogP contribution is 2.10. The topological polar surface area (TPSA) is 50.5 Å². The lowest BCUT2D eigenvalue weighted by molar-refractivity contribution is 0.244. The fourth-order valence-corrected chi connectivity index (χ4v) is 2.78. The standard InChI is InChI=1S/C19H22N4O/c1-14-7-6-10-23-18(24)12-17(21-19(14)23)13-22(3)15(2)11-16-8-4-5-9-20-16/h4-10,12,15H,11,13H2,1-3H3. The molecule has 1 atom stereocenters. The molecule has 0 aliphatic carbocycles. The Bertz CT molecular complexity index is 889. The Morgan fingerprint density at radius 3 is 2.79 bits per heavy atom. The molecular formula is C19H22N4O. The van der Waals surface area contributed by atoms with Crippen LogP contribution in [0, 0.1) is 6.92 Å². The van der Waals surface area contributed by atoms with E-state index in [1.807, 2.05) is 43.5 Å². The molecule has 0 bridgehead atoms. The Morgan fingerprint density at radius 2 is 2.04 bits per heavy atom. The van der Waals surface area contributed by atoms with E-state index < -0.39 is 0 Å². The first kappa shape index (κ1) is 16.3. The van der Waals surface area contributed by atoms with E-state index in [-0.39, 0.29) is 5.56 Å². The van der Waals surface area contributed by atoms with Gasteiger partial charge in [0, 0.05) is 43.2 Å². The summed E-state index contributed by atoms with van der Waals surface area (Å²) in [7, 11) is 2.05. The van der Waals surface area contributed by atoms with Crippen molar-refractivity contribution in [3.05, 3.63) is 76.1 Å². The summed E-state index contributed by atoms with van der Waals surface area (Å²) in [5.74, 6) is 0. The lowest BCUT2D eigenvalue weighted by Gasteiger charge is -2.24. The van der Waals surface area contributed by atoms with Crippen LogP contribution in [0.15, 0.2) is 53.6 Å². The van der Waals surface area contributed by atoms with Gasteiger partial charge in [-0.15, -0.1) is 0 Å². The lowest BCUT2D eigenvalue weighted by Crippen LogP contribution is -2.31. The van der Waals surface area contributed by atoms with Crippen LogP contribution in [0.3, 0.4) is 0 Å². The van der Waals surface area contributed by atoms with Crippen molar-refractivity contribution in [3.63, 3.8) is 0 Å². The SMILES string of the molecule is Cc1cccn2c(=O)cc(CN(C)C(C)Cc3ccccn3)nc12. The van der Waals surface area contributed by atoms with Gasteiger partial charge >= 0.3 is 0 Å². The van der Waals surface area contributed by atoms with Crippen molar-refractivity contribution in [3.8, 4) is 0 Å². The zero-order chi connectivity index (χ0) is 17.1. The molecule has 0 aliphatic heterocycles. The minimum absolute atomic E-state index is 0.0375. The molecule has 0 aliphatic rings. The Labute approximate surface area is 141 Å². The second kappa shape index (κ2) is 6.93. The number of fused-ring (bicyclic) bond motifs is 1. The fraction of sp³-hybridized carbons (Fsp3) is 0.316. The van der Waals surface area contributed by atoms with Crippen LogP contribution in [-0.4, -0.2) is 32.4 Å². The van der Waals surface area contributed by atoms with E-state index in [9.17, 15) is 4.79 Å². The van der Waals surface area contributed by atoms with Gasteiger partial charge in [0.25, 0.3) is 5.56 Å². The van der Waals surface area contributed by atoms with Gasteiger partial charge in [0.1, 0.15) is 5.65 Å². The molecule has 0 aromatic carbocycles. The quantitative estimate of drug-likeness (QED) is 0.724. The molecule has 3 rings (SSSR count). The summed E-state index contributed by atoms with van der Waals surface area (Å²) in [6, 6.07) is 11.7. The molecule has 3 heterocycles. The molecule has 3 aromatic heterocycles. The molecule has 5 heteroatoms. The summed E-state index contributed by atoms with van der Waals surface area (Å²) >= 11 is 0. The maximum Gasteiger partial charge on any atom is 0.258 e. The van der Waals surface area contributed by atoms with E-state index in [0.717, 1.165) is 29.0 Å². The fourth-order valence-electron chi connectivity index (χ4n) is 2.78. The normalized spacial score (nSPS) is 12.7. The second-order valence-electron chi connectivity index (χ2n) is 6.26. The van der Waals surface area contributed by atoms with Crippen molar-refractivity contribution < 1.29 is 0 Å². The number of pyridine rings is 2. The summed E-state index contributed by atoms with van der Waals surface area (Å²) in [6.07, 6.45) is 4.44. The zero-order valence-electron chi connectivity index (χ0n) is 14.3. The molecule has 5 nitrogen and oxygen atoms in total. The van der Waals surface area contributed by atoms with Crippen LogP contribution in [0.2, 0.25) is 0 Å². The third-order valence-electron chi connectivity index (χ3n) is 4.33. The molecule has 0 N–H and O–H groups in total.